The van der Waals surface area contributed by atoms with Crippen LogP contribution < -0.4 is 11.2 Å². The van der Waals surface area contributed by atoms with E-state index in [1.807, 2.05) is 0 Å². The number of aliphatic hydroxyl groups is 2. The summed E-state index contributed by atoms with van der Waals surface area (Å²) < 4.78 is 23.9. The Balaban J connectivity index is 2.35. The SMILES string of the molecule is COCC1OC(n2cc(F)c(=O)[nH]c2=O)C(O)C1O. The number of ether oxygens (including phenoxy) is 2. The molecule has 106 valence electrons. The van der Waals surface area contributed by atoms with E-state index in [2.05, 4.69) is 0 Å². The Bertz CT molecular complexity index is 570. The molecule has 2 heterocycles. The third-order valence-electron chi connectivity index (χ3n) is 2.87. The number of rotatable bonds is 3. The van der Waals surface area contributed by atoms with Crippen molar-refractivity contribution in [3.05, 3.63) is 32.9 Å². The van der Waals surface area contributed by atoms with Gasteiger partial charge in [-0.3, -0.25) is 14.3 Å². The monoisotopic (exact) mass is 276 g/mol. The second kappa shape index (κ2) is 5.21. The number of halogens is 1. The summed E-state index contributed by atoms with van der Waals surface area (Å²) in [5.74, 6) is -1.19. The Morgan fingerprint density at radius 2 is 2.16 bits per heavy atom. The molecular weight excluding hydrogens is 263 g/mol. The minimum Gasteiger partial charge on any atom is -0.387 e. The molecular formula is C10H13FN2O6. The average molecular weight is 276 g/mol. The van der Waals surface area contributed by atoms with Crippen LogP contribution in [-0.4, -0.2) is 51.8 Å². The van der Waals surface area contributed by atoms with Crippen molar-refractivity contribution < 1.29 is 24.1 Å². The van der Waals surface area contributed by atoms with Gasteiger partial charge in [-0.2, -0.15) is 4.39 Å². The standard InChI is InChI=1S/C10H13FN2O6/c1-18-3-5-6(14)7(15)9(19-5)13-2-4(11)8(16)12-10(13)17/h2,5-7,9,14-15H,3H2,1H3,(H,12,16,17). The first kappa shape index (κ1) is 13.9. The number of nitrogens with one attached hydrogen (secondary N) is 1. The number of H-pyrrole nitrogens is 1. The summed E-state index contributed by atoms with van der Waals surface area (Å²) in [6.45, 7) is -0.00465. The van der Waals surface area contributed by atoms with Crippen LogP contribution in [0.1, 0.15) is 6.23 Å². The molecule has 2 rings (SSSR count). The minimum atomic E-state index is -1.44. The van der Waals surface area contributed by atoms with Crippen LogP contribution in [0.2, 0.25) is 0 Å². The molecule has 0 radical (unpaired) electrons. The highest BCUT2D eigenvalue weighted by Crippen LogP contribution is 2.28. The van der Waals surface area contributed by atoms with E-state index in [1.54, 1.807) is 4.98 Å². The number of aromatic nitrogens is 2. The van der Waals surface area contributed by atoms with Crippen LogP contribution in [0.4, 0.5) is 4.39 Å². The molecule has 0 aliphatic carbocycles. The lowest BCUT2D eigenvalue weighted by atomic mass is 10.1. The zero-order valence-electron chi connectivity index (χ0n) is 9.95. The smallest absolute Gasteiger partial charge is 0.330 e. The van der Waals surface area contributed by atoms with Crippen molar-refractivity contribution in [3.63, 3.8) is 0 Å². The Kier molecular flexibility index (Phi) is 3.80. The van der Waals surface area contributed by atoms with Gasteiger partial charge < -0.3 is 19.7 Å². The lowest BCUT2D eigenvalue weighted by molar-refractivity contribution is -0.0618. The van der Waals surface area contributed by atoms with Crippen LogP contribution in [-0.2, 0) is 9.47 Å². The molecule has 0 aromatic carbocycles. The van der Waals surface area contributed by atoms with Crippen LogP contribution >= 0.6 is 0 Å². The Labute approximate surface area is 106 Å². The minimum absolute atomic E-state index is 0.00465. The van der Waals surface area contributed by atoms with Crippen molar-refractivity contribution in [2.24, 2.45) is 0 Å². The van der Waals surface area contributed by atoms with Gasteiger partial charge in [-0.1, -0.05) is 0 Å². The molecule has 19 heavy (non-hydrogen) atoms. The average Bonchev–Trinajstić information content (AvgIpc) is 2.63. The summed E-state index contributed by atoms with van der Waals surface area (Å²) in [4.78, 5) is 24.2. The first-order chi connectivity index (χ1) is 8.95. The molecule has 4 atom stereocenters. The van der Waals surface area contributed by atoms with Crippen molar-refractivity contribution >= 4 is 0 Å². The molecule has 1 fully saturated rings. The number of hydrogen-bond acceptors (Lipinski definition) is 6. The van der Waals surface area contributed by atoms with E-state index in [-0.39, 0.29) is 6.61 Å². The number of aliphatic hydroxyl groups excluding tert-OH is 2. The van der Waals surface area contributed by atoms with E-state index in [0.717, 1.165) is 0 Å². The van der Waals surface area contributed by atoms with E-state index in [1.165, 1.54) is 7.11 Å². The number of methoxy groups -OCH3 is 1. The van der Waals surface area contributed by atoms with Crippen LogP contribution in [0, 0.1) is 5.82 Å². The zero-order valence-corrected chi connectivity index (χ0v) is 9.95. The largest absolute Gasteiger partial charge is 0.387 e. The maximum Gasteiger partial charge on any atom is 0.330 e. The fourth-order valence-electron chi connectivity index (χ4n) is 1.91. The van der Waals surface area contributed by atoms with E-state index in [0.29, 0.717) is 10.8 Å². The molecule has 1 saturated heterocycles. The van der Waals surface area contributed by atoms with Gasteiger partial charge >= 0.3 is 5.69 Å². The highest BCUT2D eigenvalue weighted by Gasteiger charge is 2.44. The number of hydrogen-bond donors (Lipinski definition) is 3. The number of aromatic amines is 1. The molecule has 0 amide bonds. The second-order valence-electron chi connectivity index (χ2n) is 4.15. The highest BCUT2D eigenvalue weighted by molar-refractivity contribution is 4.94. The Hall–Kier alpha value is -1.55. The van der Waals surface area contributed by atoms with Crippen molar-refractivity contribution in [1.29, 1.82) is 0 Å². The number of nitrogens with zero attached hydrogens (tertiary/aromatic N) is 1. The molecule has 1 aliphatic heterocycles. The first-order valence-corrected chi connectivity index (χ1v) is 5.47. The molecule has 0 saturated carbocycles. The molecule has 3 N–H and O–H groups in total. The molecule has 1 aromatic rings. The summed E-state index contributed by atoms with van der Waals surface area (Å²) in [7, 11) is 1.38. The topological polar surface area (TPSA) is 114 Å². The zero-order chi connectivity index (χ0) is 14.2. The summed E-state index contributed by atoms with van der Waals surface area (Å²) in [5, 5.41) is 19.5. The van der Waals surface area contributed by atoms with Gasteiger partial charge in [-0.05, 0) is 0 Å². The van der Waals surface area contributed by atoms with Crippen LogP contribution in [0.5, 0.6) is 0 Å². The summed E-state index contributed by atoms with van der Waals surface area (Å²) in [6.07, 6.45) is -4.26. The van der Waals surface area contributed by atoms with Gasteiger partial charge in [0.05, 0.1) is 12.8 Å². The molecule has 8 nitrogen and oxygen atoms in total. The summed E-state index contributed by atoms with van der Waals surface area (Å²) >= 11 is 0. The first-order valence-electron chi connectivity index (χ1n) is 5.47. The van der Waals surface area contributed by atoms with Gasteiger partial charge in [0.2, 0.25) is 5.82 Å². The molecule has 4 unspecified atom stereocenters. The second-order valence-corrected chi connectivity index (χ2v) is 4.15. The fraction of sp³-hybridized carbons (Fsp3) is 0.600. The maximum absolute atomic E-state index is 13.2. The van der Waals surface area contributed by atoms with E-state index < -0.39 is 41.6 Å². The lowest BCUT2D eigenvalue weighted by Gasteiger charge is -2.16. The van der Waals surface area contributed by atoms with Crippen molar-refractivity contribution in [3.8, 4) is 0 Å². The van der Waals surface area contributed by atoms with Gasteiger partial charge in [0, 0.05) is 7.11 Å². The van der Waals surface area contributed by atoms with Gasteiger partial charge in [0.25, 0.3) is 5.56 Å². The Morgan fingerprint density at radius 1 is 1.47 bits per heavy atom. The Morgan fingerprint density at radius 3 is 2.79 bits per heavy atom. The third kappa shape index (κ3) is 2.45. The van der Waals surface area contributed by atoms with Crippen LogP contribution in [0.3, 0.4) is 0 Å². The summed E-state index contributed by atoms with van der Waals surface area (Å²) in [5.41, 5.74) is -2.11. The van der Waals surface area contributed by atoms with Gasteiger partial charge in [-0.25, -0.2) is 4.79 Å². The molecule has 9 heteroatoms. The van der Waals surface area contributed by atoms with Crippen LogP contribution in [0.25, 0.3) is 0 Å². The van der Waals surface area contributed by atoms with E-state index in [4.69, 9.17) is 9.47 Å². The highest BCUT2D eigenvalue weighted by atomic mass is 19.1. The van der Waals surface area contributed by atoms with E-state index in [9.17, 15) is 24.2 Å². The maximum atomic E-state index is 13.2. The van der Waals surface area contributed by atoms with Gasteiger partial charge in [-0.15, -0.1) is 0 Å². The lowest BCUT2D eigenvalue weighted by Crippen LogP contribution is -2.38. The summed E-state index contributed by atoms with van der Waals surface area (Å²) in [6, 6.07) is 0. The quantitative estimate of drug-likeness (QED) is 0.585. The van der Waals surface area contributed by atoms with Crippen molar-refractivity contribution in [2.45, 2.75) is 24.5 Å². The van der Waals surface area contributed by atoms with Gasteiger partial charge in [0.15, 0.2) is 6.23 Å². The third-order valence-corrected chi connectivity index (χ3v) is 2.87. The molecule has 0 bridgehead atoms. The molecule has 0 spiro atoms. The fourth-order valence-corrected chi connectivity index (χ4v) is 1.91. The van der Waals surface area contributed by atoms with Crippen molar-refractivity contribution in [1.82, 2.24) is 9.55 Å². The molecule has 1 aromatic heterocycles. The van der Waals surface area contributed by atoms with Crippen molar-refractivity contribution in [2.75, 3.05) is 13.7 Å². The van der Waals surface area contributed by atoms with Crippen LogP contribution in [0.15, 0.2) is 15.8 Å². The predicted octanol–water partition coefficient (Wildman–Crippen LogP) is -2.06. The van der Waals surface area contributed by atoms with Gasteiger partial charge in [0.1, 0.15) is 18.3 Å². The van der Waals surface area contributed by atoms with E-state index >= 15 is 0 Å². The molecule has 1 aliphatic rings. The predicted molar refractivity (Wildman–Crippen MR) is 59.1 cm³/mol. The normalized spacial score (nSPS) is 30.7.